The Kier molecular flexibility index (Phi) is 2.60. The van der Waals surface area contributed by atoms with Crippen molar-refractivity contribution in [3.05, 3.63) is 41.0 Å². The summed E-state index contributed by atoms with van der Waals surface area (Å²) in [5.74, 6) is 0.494. The van der Waals surface area contributed by atoms with Crippen molar-refractivity contribution in [1.82, 2.24) is 10.2 Å². The molecule has 0 unspecified atom stereocenters. The van der Waals surface area contributed by atoms with E-state index >= 15 is 0 Å². The average molecular weight is 213 g/mol. The summed E-state index contributed by atoms with van der Waals surface area (Å²) >= 11 is 0. The van der Waals surface area contributed by atoms with Gasteiger partial charge < -0.3 is 5.73 Å². The summed E-state index contributed by atoms with van der Waals surface area (Å²) in [7, 11) is 0. The van der Waals surface area contributed by atoms with Gasteiger partial charge in [0.05, 0.1) is 5.69 Å². The van der Waals surface area contributed by atoms with Crippen LogP contribution in [0.2, 0.25) is 0 Å². The first-order valence-electron chi connectivity index (χ1n) is 5.25. The third-order valence-electron chi connectivity index (χ3n) is 2.69. The van der Waals surface area contributed by atoms with E-state index in [2.05, 4.69) is 42.2 Å². The first-order valence-corrected chi connectivity index (χ1v) is 5.25. The van der Waals surface area contributed by atoms with Gasteiger partial charge in [-0.1, -0.05) is 17.7 Å². The number of benzene rings is 1. The van der Waals surface area contributed by atoms with Crippen LogP contribution < -0.4 is 5.73 Å². The van der Waals surface area contributed by atoms with Gasteiger partial charge in [0.2, 0.25) is 0 Å². The lowest BCUT2D eigenvalue weighted by Crippen LogP contribution is -1.98. The molecule has 3 nitrogen and oxygen atoms in total. The molecule has 0 amide bonds. The highest BCUT2D eigenvalue weighted by Crippen LogP contribution is 2.23. The third-order valence-corrected chi connectivity index (χ3v) is 2.69. The second-order valence-electron chi connectivity index (χ2n) is 4.12. The van der Waals surface area contributed by atoms with E-state index in [9.17, 15) is 0 Å². The van der Waals surface area contributed by atoms with E-state index in [-0.39, 0.29) is 0 Å². The molecule has 1 heterocycles. The van der Waals surface area contributed by atoms with Gasteiger partial charge in [-0.05, 0) is 44.0 Å². The van der Waals surface area contributed by atoms with Crippen molar-refractivity contribution in [1.29, 1.82) is 0 Å². The molecule has 0 radical (unpaired) electrons. The summed E-state index contributed by atoms with van der Waals surface area (Å²) in [6, 6.07) is 8.29. The van der Waals surface area contributed by atoms with Gasteiger partial charge in [0, 0.05) is 5.56 Å². The molecule has 0 spiro atoms. The minimum Gasteiger partial charge on any atom is -0.382 e. The first kappa shape index (κ1) is 10.6. The van der Waals surface area contributed by atoms with E-state index in [0.29, 0.717) is 5.82 Å². The van der Waals surface area contributed by atoms with Crippen molar-refractivity contribution in [2.45, 2.75) is 20.8 Å². The molecular weight excluding hydrogens is 198 g/mol. The Balaban J connectivity index is 2.58. The molecule has 1 aromatic carbocycles. The summed E-state index contributed by atoms with van der Waals surface area (Å²) in [6.07, 6.45) is 0. The molecule has 0 aliphatic rings. The van der Waals surface area contributed by atoms with Gasteiger partial charge >= 0.3 is 0 Å². The molecule has 0 atom stereocenters. The minimum atomic E-state index is 0.494. The van der Waals surface area contributed by atoms with E-state index in [1.165, 1.54) is 11.1 Å². The van der Waals surface area contributed by atoms with Crippen molar-refractivity contribution in [2.75, 3.05) is 5.73 Å². The number of nitrogens with zero attached hydrogens (tertiary/aromatic N) is 2. The second-order valence-corrected chi connectivity index (χ2v) is 4.12. The minimum absolute atomic E-state index is 0.494. The fourth-order valence-corrected chi connectivity index (χ4v) is 1.64. The Morgan fingerprint density at radius 3 is 2.38 bits per heavy atom. The molecule has 0 fully saturated rings. The number of nitrogens with two attached hydrogens (primary N) is 1. The van der Waals surface area contributed by atoms with Crippen LogP contribution in [-0.4, -0.2) is 10.2 Å². The Labute approximate surface area is 95.3 Å². The smallest absolute Gasteiger partial charge is 0.149 e. The molecule has 0 aliphatic heterocycles. The monoisotopic (exact) mass is 213 g/mol. The van der Waals surface area contributed by atoms with Crippen molar-refractivity contribution in [2.24, 2.45) is 0 Å². The van der Waals surface area contributed by atoms with E-state index in [4.69, 9.17) is 5.73 Å². The highest BCUT2D eigenvalue weighted by atomic mass is 15.1. The Hall–Kier alpha value is -1.90. The van der Waals surface area contributed by atoms with Gasteiger partial charge in [0.15, 0.2) is 0 Å². The SMILES string of the molecule is Cc1ccc(C)c(-c2cc(C)c(N)nn2)c1. The lowest BCUT2D eigenvalue weighted by molar-refractivity contribution is 1.03. The van der Waals surface area contributed by atoms with Crippen LogP contribution in [0.5, 0.6) is 0 Å². The van der Waals surface area contributed by atoms with Crippen molar-refractivity contribution < 1.29 is 0 Å². The standard InChI is InChI=1S/C13H15N3/c1-8-4-5-9(2)11(6-8)12-7-10(3)13(14)16-15-12/h4-7H,1-3H3,(H2,14,16). The summed E-state index contributed by atoms with van der Waals surface area (Å²) in [4.78, 5) is 0. The number of hydrogen-bond acceptors (Lipinski definition) is 3. The predicted octanol–water partition coefficient (Wildman–Crippen LogP) is 2.65. The highest BCUT2D eigenvalue weighted by Gasteiger charge is 2.06. The number of hydrogen-bond donors (Lipinski definition) is 1. The second kappa shape index (κ2) is 3.93. The summed E-state index contributed by atoms with van der Waals surface area (Å²) in [6.45, 7) is 6.08. The average Bonchev–Trinajstić information content (AvgIpc) is 2.26. The number of anilines is 1. The maximum atomic E-state index is 5.66. The quantitative estimate of drug-likeness (QED) is 0.792. The van der Waals surface area contributed by atoms with Gasteiger partial charge in [0.1, 0.15) is 5.82 Å². The van der Waals surface area contributed by atoms with Gasteiger partial charge in [0.25, 0.3) is 0 Å². The van der Waals surface area contributed by atoms with Crippen LogP contribution in [0, 0.1) is 20.8 Å². The van der Waals surface area contributed by atoms with E-state index in [1.807, 2.05) is 13.0 Å². The van der Waals surface area contributed by atoms with E-state index in [1.54, 1.807) is 0 Å². The van der Waals surface area contributed by atoms with Crippen LogP contribution in [0.1, 0.15) is 16.7 Å². The summed E-state index contributed by atoms with van der Waals surface area (Å²) < 4.78 is 0. The predicted molar refractivity (Wildman–Crippen MR) is 66.1 cm³/mol. The maximum Gasteiger partial charge on any atom is 0.149 e. The fourth-order valence-electron chi connectivity index (χ4n) is 1.64. The number of aryl methyl sites for hydroxylation is 3. The largest absolute Gasteiger partial charge is 0.382 e. The van der Waals surface area contributed by atoms with Crippen LogP contribution in [0.25, 0.3) is 11.3 Å². The Bertz CT molecular complexity index is 533. The molecule has 2 aromatic rings. The van der Waals surface area contributed by atoms with Gasteiger partial charge in [-0.25, -0.2) is 0 Å². The van der Waals surface area contributed by atoms with Crippen LogP contribution in [-0.2, 0) is 0 Å². The molecule has 2 rings (SSSR count). The first-order chi connectivity index (χ1) is 7.58. The topological polar surface area (TPSA) is 51.8 Å². The number of aromatic nitrogens is 2. The lowest BCUT2D eigenvalue weighted by Gasteiger charge is -2.07. The third kappa shape index (κ3) is 1.89. The van der Waals surface area contributed by atoms with E-state index < -0.39 is 0 Å². The molecule has 0 saturated carbocycles. The van der Waals surface area contributed by atoms with Crippen LogP contribution in [0.4, 0.5) is 5.82 Å². The zero-order chi connectivity index (χ0) is 11.7. The molecular formula is C13H15N3. The molecule has 0 aliphatic carbocycles. The Morgan fingerprint density at radius 1 is 0.938 bits per heavy atom. The highest BCUT2D eigenvalue weighted by molar-refractivity contribution is 5.65. The van der Waals surface area contributed by atoms with Gasteiger partial charge in [-0.3, -0.25) is 0 Å². The molecule has 1 aromatic heterocycles. The lowest BCUT2D eigenvalue weighted by atomic mass is 10.0. The fraction of sp³-hybridized carbons (Fsp3) is 0.231. The van der Waals surface area contributed by atoms with Crippen molar-refractivity contribution in [3.8, 4) is 11.3 Å². The van der Waals surface area contributed by atoms with Gasteiger partial charge in [-0.2, -0.15) is 0 Å². The van der Waals surface area contributed by atoms with Crippen LogP contribution in [0.3, 0.4) is 0 Å². The molecule has 82 valence electrons. The van der Waals surface area contributed by atoms with Crippen LogP contribution >= 0.6 is 0 Å². The molecule has 3 heteroatoms. The van der Waals surface area contributed by atoms with Crippen molar-refractivity contribution >= 4 is 5.82 Å². The zero-order valence-electron chi connectivity index (χ0n) is 9.78. The summed E-state index contributed by atoms with van der Waals surface area (Å²) in [5, 5.41) is 8.09. The normalized spacial score (nSPS) is 10.4. The molecule has 2 N–H and O–H groups in total. The maximum absolute atomic E-state index is 5.66. The van der Waals surface area contributed by atoms with Crippen LogP contribution in [0.15, 0.2) is 24.3 Å². The number of rotatable bonds is 1. The van der Waals surface area contributed by atoms with E-state index in [0.717, 1.165) is 16.8 Å². The van der Waals surface area contributed by atoms with Gasteiger partial charge in [-0.15, -0.1) is 10.2 Å². The zero-order valence-corrected chi connectivity index (χ0v) is 9.78. The van der Waals surface area contributed by atoms with Crippen molar-refractivity contribution in [3.63, 3.8) is 0 Å². The number of nitrogen functional groups attached to an aromatic ring is 1. The Morgan fingerprint density at radius 2 is 1.69 bits per heavy atom. The summed E-state index contributed by atoms with van der Waals surface area (Å²) in [5.41, 5.74) is 11.0. The molecule has 0 saturated heterocycles. The molecule has 16 heavy (non-hydrogen) atoms. The molecule has 0 bridgehead atoms.